The number of nitrogens with zero attached hydrogens (tertiary/aromatic N) is 1. The van der Waals surface area contributed by atoms with Gasteiger partial charge in [-0.05, 0) is 5.56 Å². The van der Waals surface area contributed by atoms with Crippen LogP contribution in [0.5, 0.6) is 0 Å². The molecule has 3 nitrogen and oxygen atoms in total. The maximum absolute atomic E-state index is 5.48. The Hall–Kier alpha value is -1.32. The maximum Gasteiger partial charge on any atom is 0.181 e. The highest BCUT2D eigenvalue weighted by Crippen LogP contribution is 2.18. The molecule has 0 bridgehead atoms. The molecule has 1 aromatic heterocycles. The molecule has 0 saturated carbocycles. The molecule has 0 saturated heterocycles. The molecule has 74 valence electrons. The van der Waals surface area contributed by atoms with Crippen LogP contribution in [0.25, 0.3) is 11.3 Å². The van der Waals surface area contributed by atoms with E-state index in [2.05, 4.69) is 4.98 Å². The standard InChI is InChI=1S/C10H10N2O.ClH/c11-5-8-1-3-9(4-2-8)10-6-12-7-13-10;/h1-4,6-7H,5,11H2;1H. The van der Waals surface area contributed by atoms with Crippen LogP contribution in [0, 0.1) is 0 Å². The summed E-state index contributed by atoms with van der Waals surface area (Å²) in [6.45, 7) is 0.566. The molecule has 0 aliphatic heterocycles. The van der Waals surface area contributed by atoms with Gasteiger partial charge in [0.15, 0.2) is 12.2 Å². The molecule has 14 heavy (non-hydrogen) atoms. The van der Waals surface area contributed by atoms with E-state index in [1.54, 1.807) is 6.20 Å². The highest BCUT2D eigenvalue weighted by Gasteiger charge is 1.99. The summed E-state index contributed by atoms with van der Waals surface area (Å²) in [5.41, 5.74) is 7.62. The molecule has 1 aromatic carbocycles. The molecule has 1 heterocycles. The Labute approximate surface area is 88.4 Å². The quantitative estimate of drug-likeness (QED) is 0.827. The Kier molecular flexibility index (Phi) is 3.68. The van der Waals surface area contributed by atoms with Crippen molar-refractivity contribution in [1.82, 2.24) is 4.98 Å². The van der Waals surface area contributed by atoms with Crippen molar-refractivity contribution in [1.29, 1.82) is 0 Å². The van der Waals surface area contributed by atoms with E-state index >= 15 is 0 Å². The number of aromatic nitrogens is 1. The van der Waals surface area contributed by atoms with Crippen molar-refractivity contribution >= 4 is 12.4 Å². The Morgan fingerprint density at radius 3 is 2.43 bits per heavy atom. The third-order valence-corrected chi connectivity index (χ3v) is 1.91. The van der Waals surface area contributed by atoms with E-state index < -0.39 is 0 Å². The maximum atomic E-state index is 5.48. The summed E-state index contributed by atoms with van der Waals surface area (Å²) in [4.78, 5) is 3.85. The van der Waals surface area contributed by atoms with E-state index in [4.69, 9.17) is 10.2 Å². The van der Waals surface area contributed by atoms with Crippen LogP contribution in [-0.2, 0) is 6.54 Å². The van der Waals surface area contributed by atoms with Crippen LogP contribution in [0.2, 0.25) is 0 Å². The van der Waals surface area contributed by atoms with Crippen LogP contribution in [0.4, 0.5) is 0 Å². The van der Waals surface area contributed by atoms with Gasteiger partial charge >= 0.3 is 0 Å². The third-order valence-electron chi connectivity index (χ3n) is 1.91. The van der Waals surface area contributed by atoms with E-state index in [0.717, 1.165) is 16.9 Å². The average molecular weight is 211 g/mol. The molecule has 0 aliphatic carbocycles. The first-order valence-electron chi connectivity index (χ1n) is 4.08. The van der Waals surface area contributed by atoms with Crippen molar-refractivity contribution in [2.24, 2.45) is 5.73 Å². The summed E-state index contributed by atoms with van der Waals surface area (Å²) in [5, 5.41) is 0. The van der Waals surface area contributed by atoms with Crippen molar-refractivity contribution in [3.8, 4) is 11.3 Å². The molecule has 0 radical (unpaired) electrons. The predicted molar refractivity (Wildman–Crippen MR) is 57.1 cm³/mol. The number of halogens is 1. The van der Waals surface area contributed by atoms with Crippen molar-refractivity contribution in [3.05, 3.63) is 42.4 Å². The summed E-state index contributed by atoms with van der Waals surface area (Å²) in [7, 11) is 0. The minimum atomic E-state index is 0. The summed E-state index contributed by atoms with van der Waals surface area (Å²) < 4.78 is 5.15. The highest BCUT2D eigenvalue weighted by molar-refractivity contribution is 5.85. The second kappa shape index (κ2) is 4.79. The first kappa shape index (κ1) is 10.8. The second-order valence-corrected chi connectivity index (χ2v) is 2.77. The minimum absolute atomic E-state index is 0. The topological polar surface area (TPSA) is 52.0 Å². The summed E-state index contributed by atoms with van der Waals surface area (Å²) in [6, 6.07) is 7.92. The van der Waals surface area contributed by atoms with Crippen LogP contribution < -0.4 is 5.73 Å². The van der Waals surface area contributed by atoms with Gasteiger partial charge in [-0.25, -0.2) is 4.98 Å². The van der Waals surface area contributed by atoms with Crippen molar-refractivity contribution < 1.29 is 4.42 Å². The molecule has 2 rings (SSSR count). The molecule has 0 fully saturated rings. The Balaban J connectivity index is 0.000000980. The van der Waals surface area contributed by atoms with E-state index in [0.29, 0.717) is 6.54 Å². The number of nitrogens with two attached hydrogens (primary N) is 1. The zero-order valence-corrected chi connectivity index (χ0v) is 8.33. The van der Waals surface area contributed by atoms with Gasteiger partial charge < -0.3 is 10.2 Å². The summed E-state index contributed by atoms with van der Waals surface area (Å²) in [6.07, 6.45) is 3.11. The monoisotopic (exact) mass is 210 g/mol. The largest absolute Gasteiger partial charge is 0.444 e. The van der Waals surface area contributed by atoms with Gasteiger partial charge in [-0.1, -0.05) is 24.3 Å². The molecule has 0 amide bonds. The molecule has 4 heteroatoms. The number of oxazole rings is 1. The molecule has 2 aromatic rings. The van der Waals surface area contributed by atoms with Crippen molar-refractivity contribution in [2.75, 3.05) is 0 Å². The minimum Gasteiger partial charge on any atom is -0.444 e. The van der Waals surface area contributed by atoms with Gasteiger partial charge in [-0.3, -0.25) is 0 Å². The Morgan fingerprint density at radius 1 is 1.21 bits per heavy atom. The fourth-order valence-corrected chi connectivity index (χ4v) is 1.16. The van der Waals surface area contributed by atoms with Gasteiger partial charge in [0, 0.05) is 12.1 Å². The molecule has 0 unspecified atom stereocenters. The van der Waals surface area contributed by atoms with E-state index in [-0.39, 0.29) is 12.4 Å². The lowest BCUT2D eigenvalue weighted by Gasteiger charge is -1.97. The molecular formula is C10H11ClN2O. The lowest BCUT2D eigenvalue weighted by Crippen LogP contribution is -1.94. The first-order valence-corrected chi connectivity index (χ1v) is 4.08. The highest BCUT2D eigenvalue weighted by atomic mass is 35.5. The van der Waals surface area contributed by atoms with Gasteiger partial charge in [0.05, 0.1) is 6.20 Å². The van der Waals surface area contributed by atoms with Crippen LogP contribution in [0.1, 0.15) is 5.56 Å². The lowest BCUT2D eigenvalue weighted by atomic mass is 10.1. The lowest BCUT2D eigenvalue weighted by molar-refractivity contribution is 0.572. The average Bonchev–Trinajstić information content (AvgIpc) is 2.71. The molecule has 2 N–H and O–H groups in total. The molecule has 0 atom stereocenters. The molecular weight excluding hydrogens is 200 g/mol. The molecule has 0 aliphatic rings. The van der Waals surface area contributed by atoms with E-state index in [1.807, 2.05) is 24.3 Å². The Bertz CT molecular complexity index is 370. The van der Waals surface area contributed by atoms with Crippen LogP contribution in [-0.4, -0.2) is 4.98 Å². The zero-order chi connectivity index (χ0) is 9.10. The predicted octanol–water partition coefficient (Wildman–Crippen LogP) is 2.22. The van der Waals surface area contributed by atoms with Gasteiger partial charge in [0.25, 0.3) is 0 Å². The van der Waals surface area contributed by atoms with Gasteiger partial charge in [0.2, 0.25) is 0 Å². The second-order valence-electron chi connectivity index (χ2n) is 2.77. The van der Waals surface area contributed by atoms with Crippen molar-refractivity contribution in [3.63, 3.8) is 0 Å². The zero-order valence-electron chi connectivity index (χ0n) is 7.51. The summed E-state index contributed by atoms with van der Waals surface area (Å²) in [5.74, 6) is 0.781. The SMILES string of the molecule is Cl.NCc1ccc(-c2cnco2)cc1. The number of rotatable bonds is 2. The van der Waals surface area contributed by atoms with E-state index in [1.165, 1.54) is 6.39 Å². The van der Waals surface area contributed by atoms with E-state index in [9.17, 15) is 0 Å². The van der Waals surface area contributed by atoms with Crippen LogP contribution >= 0.6 is 12.4 Å². The third kappa shape index (κ3) is 2.13. The fraction of sp³-hybridized carbons (Fsp3) is 0.100. The smallest absolute Gasteiger partial charge is 0.181 e. The summed E-state index contributed by atoms with van der Waals surface area (Å²) >= 11 is 0. The van der Waals surface area contributed by atoms with Crippen LogP contribution in [0.15, 0.2) is 41.3 Å². The van der Waals surface area contributed by atoms with Gasteiger partial charge in [0.1, 0.15) is 0 Å². The number of benzene rings is 1. The Morgan fingerprint density at radius 2 is 1.93 bits per heavy atom. The first-order chi connectivity index (χ1) is 6.40. The number of hydrogen-bond donors (Lipinski definition) is 1. The fourth-order valence-electron chi connectivity index (χ4n) is 1.16. The number of hydrogen-bond acceptors (Lipinski definition) is 3. The van der Waals surface area contributed by atoms with Crippen molar-refractivity contribution in [2.45, 2.75) is 6.54 Å². The van der Waals surface area contributed by atoms with Gasteiger partial charge in [-0.15, -0.1) is 12.4 Å². The molecule has 0 spiro atoms. The van der Waals surface area contributed by atoms with Crippen LogP contribution in [0.3, 0.4) is 0 Å². The normalized spacial score (nSPS) is 9.50. The van der Waals surface area contributed by atoms with Gasteiger partial charge in [-0.2, -0.15) is 0 Å².